The standard InChI is InChI=1S/C10H20N4O3/c1-6-4-14(5-8(3-11)17-6)7(2)9(15)13-10(12)16/h6-8H,3-5,11H2,1-2H3,(H3,12,13,15,16). The van der Waals surface area contributed by atoms with E-state index < -0.39 is 18.0 Å². The van der Waals surface area contributed by atoms with Crippen LogP contribution in [0.5, 0.6) is 0 Å². The number of imide groups is 1. The van der Waals surface area contributed by atoms with Gasteiger partial charge in [0.25, 0.3) is 0 Å². The van der Waals surface area contributed by atoms with Crippen LogP contribution in [0.3, 0.4) is 0 Å². The monoisotopic (exact) mass is 244 g/mol. The summed E-state index contributed by atoms with van der Waals surface area (Å²) in [6, 6.07) is -1.26. The first kappa shape index (κ1) is 13.9. The lowest BCUT2D eigenvalue weighted by atomic mass is 10.1. The number of nitrogens with one attached hydrogen (secondary N) is 1. The number of rotatable bonds is 3. The van der Waals surface area contributed by atoms with Gasteiger partial charge in [-0.1, -0.05) is 0 Å². The summed E-state index contributed by atoms with van der Waals surface area (Å²) < 4.78 is 5.59. The zero-order valence-corrected chi connectivity index (χ0v) is 10.2. The molecule has 0 aromatic carbocycles. The van der Waals surface area contributed by atoms with E-state index in [1.165, 1.54) is 0 Å². The van der Waals surface area contributed by atoms with E-state index in [2.05, 4.69) is 5.32 Å². The molecule has 1 rings (SSSR count). The predicted octanol–water partition coefficient (Wildman–Crippen LogP) is -1.38. The highest BCUT2D eigenvalue weighted by Crippen LogP contribution is 2.13. The van der Waals surface area contributed by atoms with Crippen molar-refractivity contribution in [3.05, 3.63) is 0 Å². The largest absolute Gasteiger partial charge is 0.371 e. The highest BCUT2D eigenvalue weighted by Gasteiger charge is 2.30. The van der Waals surface area contributed by atoms with Crippen LogP contribution in [0.25, 0.3) is 0 Å². The second-order valence-corrected chi connectivity index (χ2v) is 4.29. The van der Waals surface area contributed by atoms with Crippen molar-refractivity contribution in [3.63, 3.8) is 0 Å². The second-order valence-electron chi connectivity index (χ2n) is 4.29. The number of hydrogen-bond acceptors (Lipinski definition) is 5. The van der Waals surface area contributed by atoms with Gasteiger partial charge in [-0.25, -0.2) is 4.79 Å². The van der Waals surface area contributed by atoms with Gasteiger partial charge in [0, 0.05) is 19.6 Å². The number of nitrogens with two attached hydrogens (primary N) is 2. The molecule has 98 valence electrons. The van der Waals surface area contributed by atoms with Crippen molar-refractivity contribution in [3.8, 4) is 0 Å². The second kappa shape index (κ2) is 5.95. The van der Waals surface area contributed by atoms with Crippen LogP contribution in [0, 0.1) is 0 Å². The number of carbonyl (C=O) groups excluding carboxylic acids is 2. The molecule has 0 radical (unpaired) electrons. The molecule has 0 aromatic heterocycles. The molecule has 1 saturated heterocycles. The summed E-state index contributed by atoms with van der Waals surface area (Å²) in [7, 11) is 0. The van der Waals surface area contributed by atoms with Crippen LogP contribution in [0.1, 0.15) is 13.8 Å². The Morgan fingerprint density at radius 1 is 1.53 bits per heavy atom. The van der Waals surface area contributed by atoms with Crippen LogP contribution in [0.2, 0.25) is 0 Å². The smallest absolute Gasteiger partial charge is 0.318 e. The van der Waals surface area contributed by atoms with Crippen molar-refractivity contribution in [2.45, 2.75) is 32.1 Å². The summed E-state index contributed by atoms with van der Waals surface area (Å²) in [5.74, 6) is -0.401. The van der Waals surface area contributed by atoms with Crippen LogP contribution < -0.4 is 16.8 Å². The van der Waals surface area contributed by atoms with Gasteiger partial charge in [0.2, 0.25) is 5.91 Å². The SMILES string of the molecule is CC1CN(C(C)C(=O)NC(N)=O)CC(CN)O1. The summed E-state index contributed by atoms with van der Waals surface area (Å²) in [6.07, 6.45) is -0.0660. The van der Waals surface area contributed by atoms with Crippen molar-refractivity contribution in [1.82, 2.24) is 10.2 Å². The van der Waals surface area contributed by atoms with Gasteiger partial charge in [-0.3, -0.25) is 15.0 Å². The fourth-order valence-corrected chi connectivity index (χ4v) is 1.92. The Hall–Kier alpha value is -1.18. The van der Waals surface area contributed by atoms with E-state index in [0.717, 1.165) is 0 Å². The highest BCUT2D eigenvalue weighted by molar-refractivity contribution is 5.96. The zero-order chi connectivity index (χ0) is 13.0. The van der Waals surface area contributed by atoms with E-state index in [1.54, 1.807) is 6.92 Å². The van der Waals surface area contributed by atoms with E-state index in [0.29, 0.717) is 19.6 Å². The molecule has 0 aromatic rings. The van der Waals surface area contributed by atoms with Gasteiger partial charge in [0.05, 0.1) is 18.2 Å². The van der Waals surface area contributed by atoms with E-state index >= 15 is 0 Å². The molecule has 1 fully saturated rings. The van der Waals surface area contributed by atoms with E-state index in [-0.39, 0.29) is 12.2 Å². The number of urea groups is 1. The van der Waals surface area contributed by atoms with Crippen LogP contribution in [-0.2, 0) is 9.53 Å². The average Bonchev–Trinajstić information content (AvgIpc) is 2.26. The number of amides is 3. The molecule has 7 nitrogen and oxygen atoms in total. The minimum atomic E-state index is -0.835. The number of morpholine rings is 1. The zero-order valence-electron chi connectivity index (χ0n) is 10.2. The van der Waals surface area contributed by atoms with Crippen LogP contribution in [-0.4, -0.2) is 54.7 Å². The third-order valence-corrected chi connectivity index (χ3v) is 2.79. The Labute approximate surface area is 100 Å². The molecule has 3 amide bonds. The Balaban J connectivity index is 2.58. The lowest BCUT2D eigenvalue weighted by Gasteiger charge is -2.38. The molecule has 0 bridgehead atoms. The molecule has 0 aliphatic carbocycles. The average molecular weight is 244 g/mol. The van der Waals surface area contributed by atoms with Crippen molar-refractivity contribution >= 4 is 11.9 Å². The molecule has 1 aliphatic rings. The molecule has 0 spiro atoms. The molecule has 1 heterocycles. The maximum atomic E-state index is 11.6. The Morgan fingerprint density at radius 3 is 2.71 bits per heavy atom. The Morgan fingerprint density at radius 2 is 2.18 bits per heavy atom. The van der Waals surface area contributed by atoms with Gasteiger partial charge in [0.15, 0.2) is 0 Å². The molecule has 1 aliphatic heterocycles. The third-order valence-electron chi connectivity index (χ3n) is 2.79. The summed E-state index contributed by atoms with van der Waals surface area (Å²) in [6.45, 7) is 5.26. The molecule has 5 N–H and O–H groups in total. The van der Waals surface area contributed by atoms with Gasteiger partial charge in [0.1, 0.15) is 0 Å². The van der Waals surface area contributed by atoms with Gasteiger partial charge in [-0.05, 0) is 13.8 Å². The van der Waals surface area contributed by atoms with Crippen molar-refractivity contribution in [1.29, 1.82) is 0 Å². The summed E-state index contributed by atoms with van der Waals surface area (Å²) >= 11 is 0. The van der Waals surface area contributed by atoms with Crippen LogP contribution in [0.15, 0.2) is 0 Å². The first-order valence-corrected chi connectivity index (χ1v) is 5.64. The maximum absolute atomic E-state index is 11.6. The minimum Gasteiger partial charge on any atom is -0.371 e. The molecule has 0 saturated carbocycles. The first-order valence-electron chi connectivity index (χ1n) is 5.64. The van der Waals surface area contributed by atoms with Gasteiger partial charge < -0.3 is 16.2 Å². The number of ether oxygens (including phenoxy) is 1. The van der Waals surface area contributed by atoms with Gasteiger partial charge >= 0.3 is 6.03 Å². The lowest BCUT2D eigenvalue weighted by molar-refractivity contribution is -0.131. The Bertz CT molecular complexity index is 297. The van der Waals surface area contributed by atoms with Crippen molar-refractivity contribution < 1.29 is 14.3 Å². The fraction of sp³-hybridized carbons (Fsp3) is 0.800. The molecular weight excluding hydrogens is 224 g/mol. The molecule has 17 heavy (non-hydrogen) atoms. The summed E-state index contributed by atoms with van der Waals surface area (Å²) in [4.78, 5) is 24.2. The van der Waals surface area contributed by atoms with E-state index in [9.17, 15) is 9.59 Å². The first-order chi connectivity index (χ1) is 7.93. The molecular formula is C10H20N4O3. The van der Waals surface area contributed by atoms with E-state index in [4.69, 9.17) is 16.2 Å². The number of nitrogens with zero attached hydrogens (tertiary/aromatic N) is 1. The lowest BCUT2D eigenvalue weighted by Crippen LogP contribution is -2.56. The summed E-state index contributed by atoms with van der Waals surface area (Å²) in [5.41, 5.74) is 10.5. The maximum Gasteiger partial charge on any atom is 0.318 e. The minimum absolute atomic E-state index is 0.0149. The van der Waals surface area contributed by atoms with E-state index in [1.807, 2.05) is 11.8 Å². The van der Waals surface area contributed by atoms with Gasteiger partial charge in [-0.2, -0.15) is 0 Å². The van der Waals surface area contributed by atoms with Crippen molar-refractivity contribution in [2.75, 3.05) is 19.6 Å². The van der Waals surface area contributed by atoms with Gasteiger partial charge in [-0.15, -0.1) is 0 Å². The highest BCUT2D eigenvalue weighted by atomic mass is 16.5. The molecule has 3 unspecified atom stereocenters. The fourth-order valence-electron chi connectivity index (χ4n) is 1.92. The quantitative estimate of drug-likeness (QED) is 0.566. The summed E-state index contributed by atoms with van der Waals surface area (Å²) in [5, 5.41) is 2.07. The van der Waals surface area contributed by atoms with Crippen LogP contribution in [0.4, 0.5) is 4.79 Å². The Kier molecular flexibility index (Phi) is 4.86. The topological polar surface area (TPSA) is 111 Å². The molecule has 7 heteroatoms. The normalized spacial score (nSPS) is 27.5. The van der Waals surface area contributed by atoms with Crippen molar-refractivity contribution in [2.24, 2.45) is 11.5 Å². The number of hydrogen-bond donors (Lipinski definition) is 3. The predicted molar refractivity (Wildman–Crippen MR) is 62.2 cm³/mol. The molecule has 3 atom stereocenters. The third kappa shape index (κ3) is 3.95. The number of carbonyl (C=O) groups is 2. The van der Waals surface area contributed by atoms with Crippen LogP contribution >= 0.6 is 0 Å². The number of primary amides is 1.